The van der Waals surface area contributed by atoms with E-state index in [1.807, 2.05) is 11.4 Å². The molecule has 0 spiro atoms. The quantitative estimate of drug-likeness (QED) is 0.694. The van der Waals surface area contributed by atoms with E-state index < -0.39 is 0 Å². The molecule has 1 aromatic carbocycles. The fourth-order valence-electron chi connectivity index (χ4n) is 2.06. The highest BCUT2D eigenvalue weighted by Crippen LogP contribution is 2.18. The molecule has 0 N–H and O–H groups in total. The third-order valence-electron chi connectivity index (χ3n) is 3.08. The van der Waals surface area contributed by atoms with E-state index in [9.17, 15) is 9.59 Å². The van der Waals surface area contributed by atoms with Crippen LogP contribution in [0.5, 0.6) is 0 Å². The Morgan fingerprint density at radius 2 is 2.00 bits per heavy atom. The summed E-state index contributed by atoms with van der Waals surface area (Å²) in [6, 6.07) is 10.5. The summed E-state index contributed by atoms with van der Waals surface area (Å²) in [7, 11) is 0. The van der Waals surface area contributed by atoms with E-state index in [0.717, 1.165) is 4.70 Å². The normalized spacial score (nSPS) is 10.8. The van der Waals surface area contributed by atoms with E-state index in [0.29, 0.717) is 16.0 Å². The molecule has 3 nitrogen and oxygen atoms in total. The highest BCUT2D eigenvalue weighted by Gasteiger charge is 2.12. The van der Waals surface area contributed by atoms with Crippen LogP contribution in [0.1, 0.15) is 10.4 Å². The Hall–Kier alpha value is -1.91. The van der Waals surface area contributed by atoms with E-state index in [-0.39, 0.29) is 17.9 Å². The second-order valence-corrected chi connectivity index (χ2v) is 5.71. The Kier molecular flexibility index (Phi) is 3.42. The van der Waals surface area contributed by atoms with Gasteiger partial charge < -0.3 is 4.57 Å². The van der Waals surface area contributed by atoms with Crippen LogP contribution in [0.25, 0.3) is 10.1 Å². The predicted octanol–water partition coefficient (Wildman–Crippen LogP) is 3.60. The number of hydrogen-bond donors (Lipinski definition) is 0. The van der Waals surface area contributed by atoms with Crippen molar-refractivity contribution in [3.63, 3.8) is 0 Å². The molecular weight excluding hydrogens is 294 g/mol. The summed E-state index contributed by atoms with van der Waals surface area (Å²) in [6.07, 6.45) is 1.65. The molecule has 3 aromatic rings. The van der Waals surface area contributed by atoms with Gasteiger partial charge >= 0.3 is 0 Å². The minimum Gasteiger partial charge on any atom is -0.307 e. The Bertz CT molecular complexity index is 850. The second kappa shape index (κ2) is 5.23. The second-order valence-electron chi connectivity index (χ2n) is 4.35. The van der Waals surface area contributed by atoms with Crippen LogP contribution in [-0.4, -0.2) is 10.4 Å². The van der Waals surface area contributed by atoms with E-state index >= 15 is 0 Å². The first kappa shape index (κ1) is 13.1. The number of fused-ring (bicyclic) bond motifs is 1. The van der Waals surface area contributed by atoms with Crippen LogP contribution in [-0.2, 0) is 6.54 Å². The van der Waals surface area contributed by atoms with Gasteiger partial charge in [0.1, 0.15) is 0 Å². The van der Waals surface area contributed by atoms with Crippen molar-refractivity contribution < 1.29 is 4.79 Å². The van der Waals surface area contributed by atoms with Gasteiger partial charge in [-0.3, -0.25) is 9.59 Å². The molecular formula is C15H10ClNO2S. The fraction of sp³-hybridized carbons (Fsp3) is 0.0667. The van der Waals surface area contributed by atoms with Gasteiger partial charge in [0, 0.05) is 16.5 Å². The van der Waals surface area contributed by atoms with Crippen LogP contribution in [0, 0.1) is 0 Å². The van der Waals surface area contributed by atoms with Crippen LogP contribution in [0.4, 0.5) is 0 Å². The zero-order valence-electron chi connectivity index (χ0n) is 10.4. The molecule has 0 amide bonds. The zero-order valence-corrected chi connectivity index (χ0v) is 11.9. The molecule has 0 radical (unpaired) electrons. The summed E-state index contributed by atoms with van der Waals surface area (Å²) >= 11 is 7.50. The van der Waals surface area contributed by atoms with Gasteiger partial charge in [-0.2, -0.15) is 0 Å². The average molecular weight is 304 g/mol. The third kappa shape index (κ3) is 2.28. The standard InChI is InChI=1S/C15H10ClNO2S/c16-12-4-2-1-3-10(12)13(18)9-17-7-5-14-11(15(17)19)6-8-20-14/h1-8H,9H2. The van der Waals surface area contributed by atoms with Gasteiger partial charge in [0.05, 0.1) is 17.0 Å². The first-order valence-electron chi connectivity index (χ1n) is 6.01. The highest BCUT2D eigenvalue weighted by atomic mass is 35.5. The zero-order chi connectivity index (χ0) is 14.1. The fourth-order valence-corrected chi connectivity index (χ4v) is 3.07. The number of benzene rings is 1. The van der Waals surface area contributed by atoms with Crippen molar-refractivity contribution in [1.29, 1.82) is 0 Å². The van der Waals surface area contributed by atoms with E-state index in [1.165, 1.54) is 15.9 Å². The number of aromatic nitrogens is 1. The number of ketones is 1. The van der Waals surface area contributed by atoms with Crippen molar-refractivity contribution >= 4 is 38.8 Å². The summed E-state index contributed by atoms with van der Waals surface area (Å²) < 4.78 is 2.34. The third-order valence-corrected chi connectivity index (χ3v) is 4.29. The van der Waals surface area contributed by atoms with Crippen LogP contribution in [0.3, 0.4) is 0 Å². The monoisotopic (exact) mass is 303 g/mol. The van der Waals surface area contributed by atoms with Crippen LogP contribution >= 0.6 is 22.9 Å². The minimum absolute atomic E-state index is 0.00560. The molecule has 2 aromatic heterocycles. The van der Waals surface area contributed by atoms with E-state index in [1.54, 1.807) is 36.5 Å². The number of carbonyl (C=O) groups excluding carboxylic acids is 1. The van der Waals surface area contributed by atoms with E-state index in [2.05, 4.69) is 0 Å². The van der Waals surface area contributed by atoms with E-state index in [4.69, 9.17) is 11.6 Å². The maximum atomic E-state index is 12.2. The molecule has 20 heavy (non-hydrogen) atoms. The number of hydrogen-bond acceptors (Lipinski definition) is 3. The maximum Gasteiger partial charge on any atom is 0.259 e. The van der Waals surface area contributed by atoms with Crippen molar-refractivity contribution in [2.45, 2.75) is 6.54 Å². The highest BCUT2D eigenvalue weighted by molar-refractivity contribution is 7.17. The van der Waals surface area contributed by atoms with Gasteiger partial charge in [0.15, 0.2) is 5.78 Å². The number of thiophene rings is 1. The molecule has 0 aliphatic rings. The van der Waals surface area contributed by atoms with Crippen LogP contribution in [0.2, 0.25) is 5.02 Å². The predicted molar refractivity (Wildman–Crippen MR) is 81.9 cm³/mol. The topological polar surface area (TPSA) is 39.1 Å². The Balaban J connectivity index is 1.97. The Labute approximate surface area is 124 Å². The number of nitrogens with zero attached hydrogens (tertiary/aromatic N) is 1. The van der Waals surface area contributed by atoms with Crippen LogP contribution in [0.15, 0.2) is 52.8 Å². The van der Waals surface area contributed by atoms with Gasteiger partial charge in [0.2, 0.25) is 0 Å². The first-order chi connectivity index (χ1) is 9.66. The lowest BCUT2D eigenvalue weighted by molar-refractivity contribution is 0.0971. The largest absolute Gasteiger partial charge is 0.307 e. The molecule has 0 aliphatic heterocycles. The smallest absolute Gasteiger partial charge is 0.259 e. The maximum absolute atomic E-state index is 12.2. The van der Waals surface area contributed by atoms with Gasteiger partial charge in [0.25, 0.3) is 5.56 Å². The van der Waals surface area contributed by atoms with Crippen molar-refractivity contribution in [3.8, 4) is 0 Å². The van der Waals surface area contributed by atoms with Crippen molar-refractivity contribution in [2.24, 2.45) is 0 Å². The van der Waals surface area contributed by atoms with Gasteiger partial charge in [-0.15, -0.1) is 11.3 Å². The minimum atomic E-state index is -0.174. The number of carbonyl (C=O) groups is 1. The number of rotatable bonds is 3. The summed E-state index contributed by atoms with van der Waals surface area (Å²) in [4.78, 5) is 24.4. The molecule has 0 saturated carbocycles. The van der Waals surface area contributed by atoms with Gasteiger partial charge in [-0.1, -0.05) is 23.7 Å². The number of halogens is 1. The lowest BCUT2D eigenvalue weighted by Gasteiger charge is -2.06. The molecule has 3 rings (SSSR count). The first-order valence-corrected chi connectivity index (χ1v) is 7.27. The summed E-state index contributed by atoms with van der Waals surface area (Å²) in [5.74, 6) is -0.174. The summed E-state index contributed by atoms with van der Waals surface area (Å²) in [5, 5.41) is 2.92. The van der Waals surface area contributed by atoms with Crippen molar-refractivity contribution in [2.75, 3.05) is 0 Å². The SMILES string of the molecule is O=C(Cn1ccc2sccc2c1=O)c1ccccc1Cl. The summed E-state index contributed by atoms with van der Waals surface area (Å²) in [6.45, 7) is -0.00560. The molecule has 100 valence electrons. The number of Topliss-reactive ketones (excluding diaryl/α,β-unsaturated/α-hetero) is 1. The number of pyridine rings is 1. The Morgan fingerprint density at radius 3 is 2.80 bits per heavy atom. The molecule has 0 bridgehead atoms. The van der Waals surface area contributed by atoms with Gasteiger partial charge in [-0.05, 0) is 29.6 Å². The lowest BCUT2D eigenvalue weighted by Crippen LogP contribution is -2.23. The van der Waals surface area contributed by atoms with Crippen molar-refractivity contribution in [3.05, 3.63) is 68.9 Å². The van der Waals surface area contributed by atoms with Crippen LogP contribution < -0.4 is 5.56 Å². The Morgan fingerprint density at radius 1 is 1.20 bits per heavy atom. The molecule has 0 saturated heterocycles. The molecule has 5 heteroatoms. The molecule has 2 heterocycles. The summed E-state index contributed by atoms with van der Waals surface area (Å²) in [5.41, 5.74) is 0.288. The molecule has 0 fully saturated rings. The average Bonchev–Trinajstić information content (AvgIpc) is 2.91. The van der Waals surface area contributed by atoms with Gasteiger partial charge in [-0.25, -0.2) is 0 Å². The lowest BCUT2D eigenvalue weighted by atomic mass is 10.1. The molecule has 0 unspecified atom stereocenters. The molecule has 0 aliphatic carbocycles. The van der Waals surface area contributed by atoms with Crippen molar-refractivity contribution in [1.82, 2.24) is 4.57 Å². The molecule has 0 atom stereocenters.